The molecular weight excluding hydrogens is 264 g/mol. The minimum Gasteiger partial charge on any atom is -0.334 e. The van der Waals surface area contributed by atoms with Gasteiger partial charge in [0.05, 0.1) is 5.54 Å². The highest BCUT2D eigenvalue weighted by atomic mass is 35.5. The van der Waals surface area contributed by atoms with E-state index in [-0.39, 0.29) is 12.4 Å². The zero-order chi connectivity index (χ0) is 12.6. The predicted molar refractivity (Wildman–Crippen MR) is 73.8 cm³/mol. The summed E-state index contributed by atoms with van der Waals surface area (Å²) < 4.78 is 5.31. The van der Waals surface area contributed by atoms with E-state index in [1.165, 1.54) is 0 Å². The number of pyridine rings is 1. The van der Waals surface area contributed by atoms with E-state index in [2.05, 4.69) is 15.1 Å². The second kappa shape index (κ2) is 5.27. The van der Waals surface area contributed by atoms with Crippen molar-refractivity contribution in [2.45, 2.75) is 38.1 Å². The van der Waals surface area contributed by atoms with Gasteiger partial charge in [0, 0.05) is 17.5 Å². The number of halogens is 1. The molecule has 0 unspecified atom stereocenters. The summed E-state index contributed by atoms with van der Waals surface area (Å²) in [6, 6.07) is 3.79. The van der Waals surface area contributed by atoms with Crippen molar-refractivity contribution in [3.63, 3.8) is 0 Å². The Kier molecular flexibility index (Phi) is 3.87. The van der Waals surface area contributed by atoms with Crippen LogP contribution in [0.15, 0.2) is 22.9 Å². The molecule has 19 heavy (non-hydrogen) atoms. The number of hydrogen-bond acceptors (Lipinski definition) is 5. The highest BCUT2D eigenvalue weighted by molar-refractivity contribution is 5.85. The first kappa shape index (κ1) is 14.0. The molecular formula is C13H17ClN4O. The smallest absolute Gasteiger partial charge is 0.258 e. The number of hydrogen-bond donors (Lipinski definition) is 1. The van der Waals surface area contributed by atoms with E-state index < -0.39 is 5.54 Å². The van der Waals surface area contributed by atoms with E-state index in [4.69, 9.17) is 10.3 Å². The van der Waals surface area contributed by atoms with Crippen LogP contribution in [0, 0.1) is 6.92 Å². The molecule has 1 aliphatic carbocycles. The Morgan fingerprint density at radius 1 is 1.32 bits per heavy atom. The van der Waals surface area contributed by atoms with Gasteiger partial charge in [-0.1, -0.05) is 18.0 Å². The molecule has 2 heterocycles. The molecule has 0 bridgehead atoms. The van der Waals surface area contributed by atoms with Crippen LogP contribution in [0.2, 0.25) is 0 Å². The lowest BCUT2D eigenvalue weighted by Crippen LogP contribution is -2.34. The molecule has 2 aromatic rings. The molecule has 0 amide bonds. The molecule has 1 aliphatic rings. The first-order valence-corrected chi connectivity index (χ1v) is 6.23. The Hall–Kier alpha value is -1.46. The summed E-state index contributed by atoms with van der Waals surface area (Å²) in [7, 11) is 0. The van der Waals surface area contributed by atoms with Gasteiger partial charge in [-0.25, -0.2) is 0 Å². The average molecular weight is 281 g/mol. The minimum absolute atomic E-state index is 0. The highest BCUT2D eigenvalue weighted by Gasteiger charge is 2.36. The molecule has 0 atom stereocenters. The lowest BCUT2D eigenvalue weighted by Gasteiger charge is -2.17. The van der Waals surface area contributed by atoms with Gasteiger partial charge in [-0.2, -0.15) is 4.98 Å². The van der Waals surface area contributed by atoms with Crippen molar-refractivity contribution in [2.75, 3.05) is 0 Å². The third-order valence-electron chi connectivity index (χ3n) is 3.51. The number of nitrogens with zero attached hydrogens (tertiary/aromatic N) is 3. The summed E-state index contributed by atoms with van der Waals surface area (Å²) in [6.07, 6.45) is 5.87. The molecule has 5 nitrogen and oxygen atoms in total. The highest BCUT2D eigenvalue weighted by Crippen LogP contribution is 2.35. The summed E-state index contributed by atoms with van der Waals surface area (Å²) in [5.74, 6) is 1.15. The normalized spacial score (nSPS) is 17.2. The van der Waals surface area contributed by atoms with Gasteiger partial charge in [-0.15, -0.1) is 12.4 Å². The molecule has 3 rings (SSSR count). The van der Waals surface area contributed by atoms with Gasteiger partial charge in [0.15, 0.2) is 5.82 Å². The fourth-order valence-electron chi connectivity index (χ4n) is 2.45. The van der Waals surface area contributed by atoms with Gasteiger partial charge in [0.1, 0.15) is 0 Å². The molecule has 0 radical (unpaired) electrons. The largest absolute Gasteiger partial charge is 0.334 e. The average Bonchev–Trinajstić information content (AvgIpc) is 2.98. The molecule has 0 aliphatic heterocycles. The van der Waals surface area contributed by atoms with Crippen LogP contribution in [-0.4, -0.2) is 15.1 Å². The maximum atomic E-state index is 6.30. The van der Waals surface area contributed by atoms with Gasteiger partial charge in [-0.3, -0.25) is 4.98 Å². The summed E-state index contributed by atoms with van der Waals surface area (Å²) in [6.45, 7) is 1.93. The Morgan fingerprint density at radius 2 is 2.05 bits per heavy atom. The molecule has 0 aromatic carbocycles. The van der Waals surface area contributed by atoms with Crippen molar-refractivity contribution in [2.24, 2.45) is 5.73 Å². The molecule has 2 N–H and O–H groups in total. The molecule has 2 aromatic heterocycles. The second-order valence-electron chi connectivity index (χ2n) is 4.97. The number of nitrogens with two attached hydrogens (primary N) is 1. The Morgan fingerprint density at radius 3 is 2.74 bits per heavy atom. The van der Waals surface area contributed by atoms with Crippen molar-refractivity contribution in [3.8, 4) is 11.5 Å². The van der Waals surface area contributed by atoms with Gasteiger partial charge >= 0.3 is 0 Å². The zero-order valence-corrected chi connectivity index (χ0v) is 11.6. The molecule has 102 valence electrons. The van der Waals surface area contributed by atoms with E-state index in [0.29, 0.717) is 11.7 Å². The number of aryl methyl sites for hydroxylation is 1. The summed E-state index contributed by atoms with van der Waals surface area (Å²) >= 11 is 0. The van der Waals surface area contributed by atoms with E-state index in [1.54, 1.807) is 6.20 Å². The SMILES string of the molecule is Cc1cc(-c2nc(C3(N)CCCC3)no2)ccn1.Cl. The number of aromatic nitrogens is 3. The zero-order valence-electron chi connectivity index (χ0n) is 10.8. The predicted octanol–water partition coefficient (Wildman–Crippen LogP) is 2.59. The van der Waals surface area contributed by atoms with Gasteiger partial charge in [0.25, 0.3) is 5.89 Å². The van der Waals surface area contributed by atoms with Crippen LogP contribution in [-0.2, 0) is 5.54 Å². The van der Waals surface area contributed by atoms with Crippen molar-refractivity contribution >= 4 is 12.4 Å². The Labute approximate surface area is 118 Å². The lowest BCUT2D eigenvalue weighted by atomic mass is 9.99. The quantitative estimate of drug-likeness (QED) is 0.915. The van der Waals surface area contributed by atoms with Gasteiger partial charge in [-0.05, 0) is 31.9 Å². The molecule has 6 heteroatoms. The Balaban J connectivity index is 0.00000133. The molecule has 1 saturated carbocycles. The lowest BCUT2D eigenvalue weighted by molar-refractivity contribution is 0.372. The van der Waals surface area contributed by atoms with Crippen LogP contribution < -0.4 is 5.73 Å². The van der Waals surface area contributed by atoms with E-state index in [1.807, 2.05) is 19.1 Å². The summed E-state index contributed by atoms with van der Waals surface area (Å²) in [5.41, 5.74) is 7.72. The number of rotatable bonds is 2. The third kappa shape index (κ3) is 2.62. The van der Waals surface area contributed by atoms with Gasteiger partial charge < -0.3 is 10.3 Å². The molecule has 1 fully saturated rings. The van der Waals surface area contributed by atoms with Crippen molar-refractivity contribution in [1.29, 1.82) is 0 Å². The van der Waals surface area contributed by atoms with Gasteiger partial charge in [0.2, 0.25) is 0 Å². The van der Waals surface area contributed by atoms with Crippen molar-refractivity contribution in [1.82, 2.24) is 15.1 Å². The fraction of sp³-hybridized carbons (Fsp3) is 0.462. The summed E-state index contributed by atoms with van der Waals surface area (Å²) in [4.78, 5) is 8.59. The van der Waals surface area contributed by atoms with Crippen molar-refractivity contribution < 1.29 is 4.52 Å². The van der Waals surface area contributed by atoms with Crippen LogP contribution >= 0.6 is 12.4 Å². The van der Waals surface area contributed by atoms with E-state index in [0.717, 1.165) is 36.9 Å². The topological polar surface area (TPSA) is 77.8 Å². The summed E-state index contributed by atoms with van der Waals surface area (Å²) in [5, 5.41) is 4.04. The monoisotopic (exact) mass is 280 g/mol. The van der Waals surface area contributed by atoms with Crippen LogP contribution in [0.25, 0.3) is 11.5 Å². The maximum Gasteiger partial charge on any atom is 0.258 e. The maximum absolute atomic E-state index is 6.30. The Bertz CT molecular complexity index is 563. The standard InChI is InChI=1S/C13H16N4O.ClH/c1-9-8-10(4-7-15-9)11-16-12(17-18-11)13(14)5-2-3-6-13;/h4,7-8H,2-3,5-6,14H2,1H3;1H. The molecule has 0 saturated heterocycles. The van der Waals surface area contributed by atoms with E-state index in [9.17, 15) is 0 Å². The van der Waals surface area contributed by atoms with Crippen LogP contribution in [0.1, 0.15) is 37.2 Å². The fourth-order valence-corrected chi connectivity index (χ4v) is 2.45. The van der Waals surface area contributed by atoms with Crippen molar-refractivity contribution in [3.05, 3.63) is 29.8 Å². The minimum atomic E-state index is -0.399. The third-order valence-corrected chi connectivity index (χ3v) is 3.51. The molecule has 0 spiro atoms. The first-order valence-electron chi connectivity index (χ1n) is 6.23. The van der Waals surface area contributed by atoms with Crippen LogP contribution in [0.3, 0.4) is 0 Å². The van der Waals surface area contributed by atoms with Crippen LogP contribution in [0.4, 0.5) is 0 Å². The van der Waals surface area contributed by atoms with E-state index >= 15 is 0 Å². The first-order chi connectivity index (χ1) is 8.67. The second-order valence-corrected chi connectivity index (χ2v) is 4.97. The van der Waals surface area contributed by atoms with Crippen LogP contribution in [0.5, 0.6) is 0 Å².